The van der Waals surface area contributed by atoms with Gasteiger partial charge in [-0.05, 0) is 48.6 Å². The molecule has 1 aromatic heterocycles. The average molecular weight is 516 g/mol. The van der Waals surface area contributed by atoms with E-state index in [1.54, 1.807) is 13.0 Å². The number of amides is 1. The van der Waals surface area contributed by atoms with Crippen LogP contribution in [-0.2, 0) is 28.8 Å². The highest BCUT2D eigenvalue weighted by molar-refractivity contribution is 7.77. The molecule has 192 valence electrons. The minimum absolute atomic E-state index is 0.0675. The number of halogens is 4. The Morgan fingerprint density at radius 2 is 1.83 bits per heavy atom. The van der Waals surface area contributed by atoms with E-state index in [1.165, 1.54) is 37.3 Å². The van der Waals surface area contributed by atoms with Gasteiger partial charge in [-0.1, -0.05) is 45.0 Å². The van der Waals surface area contributed by atoms with Crippen LogP contribution >= 0.6 is 0 Å². The van der Waals surface area contributed by atoms with Gasteiger partial charge in [0.05, 0.1) is 11.6 Å². The standard InChI is InChI=1S/C24H29F4N3O3S/c1-14(16-6-8-18(19(25)12-16)15(2)31-35(33)34)22(32)29-13-17-7-9-21(24(26,27)28)30-20(17)10-11-23(3,4)5/h6-12,14-15,31H,13H2,1-5H3,(H,29,32)(H,33,34)/b11-10+. The summed E-state index contributed by atoms with van der Waals surface area (Å²) in [5.74, 6) is -1.86. The fraction of sp³-hybridized carbons (Fsp3) is 0.417. The number of rotatable bonds is 8. The van der Waals surface area contributed by atoms with Crippen molar-refractivity contribution in [1.82, 2.24) is 15.0 Å². The molecule has 11 heteroatoms. The van der Waals surface area contributed by atoms with E-state index in [-0.39, 0.29) is 23.2 Å². The van der Waals surface area contributed by atoms with Gasteiger partial charge in [0.15, 0.2) is 0 Å². The van der Waals surface area contributed by atoms with Crippen molar-refractivity contribution in [3.8, 4) is 0 Å². The average Bonchev–Trinajstić information content (AvgIpc) is 2.73. The van der Waals surface area contributed by atoms with Gasteiger partial charge in [-0.2, -0.15) is 13.2 Å². The Hall–Kier alpha value is -2.63. The molecule has 1 amide bonds. The summed E-state index contributed by atoms with van der Waals surface area (Å²) < 4.78 is 76.0. The van der Waals surface area contributed by atoms with E-state index in [2.05, 4.69) is 15.0 Å². The van der Waals surface area contributed by atoms with Crippen LogP contribution in [0.15, 0.2) is 36.4 Å². The number of alkyl halides is 3. The summed E-state index contributed by atoms with van der Waals surface area (Å²) in [4.78, 5) is 16.4. The van der Waals surface area contributed by atoms with Crippen LogP contribution in [0.1, 0.15) is 74.7 Å². The van der Waals surface area contributed by atoms with Crippen LogP contribution in [0, 0.1) is 11.2 Å². The fourth-order valence-electron chi connectivity index (χ4n) is 3.15. The zero-order valence-corrected chi connectivity index (χ0v) is 20.9. The summed E-state index contributed by atoms with van der Waals surface area (Å²) in [6.07, 6.45) is -1.37. The molecule has 0 saturated carbocycles. The van der Waals surface area contributed by atoms with Crippen molar-refractivity contribution in [3.05, 3.63) is 70.3 Å². The first-order valence-electron chi connectivity index (χ1n) is 10.8. The lowest BCUT2D eigenvalue weighted by atomic mass is 9.95. The first-order chi connectivity index (χ1) is 16.1. The minimum atomic E-state index is -4.60. The Morgan fingerprint density at radius 1 is 1.17 bits per heavy atom. The van der Waals surface area contributed by atoms with Gasteiger partial charge in [0.1, 0.15) is 11.5 Å². The molecule has 2 aromatic rings. The highest BCUT2D eigenvalue weighted by atomic mass is 32.2. The van der Waals surface area contributed by atoms with Gasteiger partial charge in [-0.15, -0.1) is 0 Å². The second-order valence-corrected chi connectivity index (χ2v) is 9.98. The van der Waals surface area contributed by atoms with Crippen molar-refractivity contribution in [2.24, 2.45) is 5.41 Å². The smallest absolute Gasteiger partial charge is 0.351 e. The van der Waals surface area contributed by atoms with Crippen molar-refractivity contribution in [2.45, 2.75) is 59.3 Å². The quantitative estimate of drug-likeness (QED) is 0.320. The molecule has 6 nitrogen and oxygen atoms in total. The van der Waals surface area contributed by atoms with Crippen molar-refractivity contribution in [1.29, 1.82) is 0 Å². The predicted molar refractivity (Wildman–Crippen MR) is 127 cm³/mol. The van der Waals surface area contributed by atoms with Crippen molar-refractivity contribution >= 4 is 23.2 Å². The van der Waals surface area contributed by atoms with Crippen molar-refractivity contribution < 1.29 is 31.1 Å². The van der Waals surface area contributed by atoms with Gasteiger partial charge in [0.2, 0.25) is 17.2 Å². The van der Waals surface area contributed by atoms with Crippen molar-refractivity contribution in [3.63, 3.8) is 0 Å². The monoisotopic (exact) mass is 515 g/mol. The SMILES string of the molecule is CC(NS(=O)O)c1ccc(C(C)C(=O)NCc2ccc(C(F)(F)F)nc2/C=C/C(C)(C)C)cc1F. The number of aromatic nitrogens is 1. The van der Waals surface area contributed by atoms with E-state index in [0.717, 1.165) is 6.07 Å². The lowest BCUT2D eigenvalue weighted by Gasteiger charge is -2.17. The topological polar surface area (TPSA) is 91.3 Å². The number of carbonyl (C=O) groups excluding carboxylic acids is 1. The molecule has 2 rings (SSSR count). The van der Waals surface area contributed by atoms with E-state index in [0.29, 0.717) is 11.1 Å². The summed E-state index contributed by atoms with van der Waals surface area (Å²) >= 11 is -2.32. The Bertz CT molecular complexity index is 1110. The van der Waals surface area contributed by atoms with Gasteiger partial charge in [0, 0.05) is 18.2 Å². The molecule has 1 aromatic carbocycles. The summed E-state index contributed by atoms with van der Waals surface area (Å²) in [5.41, 5.74) is -0.285. The lowest BCUT2D eigenvalue weighted by molar-refractivity contribution is -0.141. The van der Waals surface area contributed by atoms with E-state index in [1.807, 2.05) is 20.8 Å². The third-order valence-corrected chi connectivity index (χ3v) is 5.71. The third-order valence-electron chi connectivity index (χ3n) is 5.16. The normalized spacial score (nSPS) is 15.1. The number of hydrogen-bond acceptors (Lipinski definition) is 3. The van der Waals surface area contributed by atoms with Gasteiger partial charge in [0.25, 0.3) is 0 Å². The number of pyridine rings is 1. The summed E-state index contributed by atoms with van der Waals surface area (Å²) in [6, 6.07) is 5.55. The van der Waals surface area contributed by atoms with Crippen LogP contribution in [0.5, 0.6) is 0 Å². The summed E-state index contributed by atoms with van der Waals surface area (Å²) in [5, 5.41) is 2.67. The summed E-state index contributed by atoms with van der Waals surface area (Å²) in [7, 11) is 0. The molecule has 0 aliphatic heterocycles. The zero-order chi connectivity index (χ0) is 26.6. The van der Waals surface area contributed by atoms with E-state index in [9.17, 15) is 26.6 Å². The minimum Gasteiger partial charge on any atom is -0.351 e. The zero-order valence-electron chi connectivity index (χ0n) is 20.0. The molecule has 0 saturated heterocycles. The van der Waals surface area contributed by atoms with Gasteiger partial charge >= 0.3 is 6.18 Å². The van der Waals surface area contributed by atoms with Crippen LogP contribution in [0.4, 0.5) is 17.6 Å². The molecule has 0 radical (unpaired) electrons. The Labute approximate surface area is 204 Å². The second kappa shape index (κ2) is 11.4. The highest BCUT2D eigenvalue weighted by Gasteiger charge is 2.33. The lowest BCUT2D eigenvalue weighted by Crippen LogP contribution is -2.28. The molecule has 0 fully saturated rings. The molecule has 3 atom stereocenters. The van der Waals surface area contributed by atoms with E-state index < -0.39 is 46.8 Å². The van der Waals surface area contributed by atoms with E-state index in [4.69, 9.17) is 4.55 Å². The van der Waals surface area contributed by atoms with E-state index >= 15 is 0 Å². The third kappa shape index (κ3) is 8.52. The number of carbonyl (C=O) groups is 1. The molecule has 3 unspecified atom stereocenters. The molecule has 3 N–H and O–H groups in total. The van der Waals surface area contributed by atoms with Crippen LogP contribution in [-0.4, -0.2) is 19.7 Å². The molecule has 0 aliphatic carbocycles. The number of hydrogen-bond donors (Lipinski definition) is 3. The number of benzene rings is 1. The summed E-state index contributed by atoms with van der Waals surface area (Å²) in [6.45, 7) is 8.70. The first-order valence-corrected chi connectivity index (χ1v) is 11.9. The molecule has 0 aliphatic rings. The maximum absolute atomic E-state index is 14.5. The molecular formula is C24H29F4N3O3S. The fourth-order valence-corrected chi connectivity index (χ4v) is 3.58. The second-order valence-electron chi connectivity index (χ2n) is 9.25. The highest BCUT2D eigenvalue weighted by Crippen LogP contribution is 2.29. The number of nitrogens with one attached hydrogen (secondary N) is 2. The predicted octanol–water partition coefficient (Wildman–Crippen LogP) is 5.51. The maximum atomic E-state index is 14.5. The molecule has 1 heterocycles. The van der Waals surface area contributed by atoms with Crippen LogP contribution < -0.4 is 10.0 Å². The van der Waals surface area contributed by atoms with Crippen LogP contribution in [0.3, 0.4) is 0 Å². The molecule has 0 spiro atoms. The Balaban J connectivity index is 2.20. The maximum Gasteiger partial charge on any atom is 0.433 e. The largest absolute Gasteiger partial charge is 0.433 e. The van der Waals surface area contributed by atoms with Gasteiger partial charge < -0.3 is 5.32 Å². The molecule has 35 heavy (non-hydrogen) atoms. The van der Waals surface area contributed by atoms with Gasteiger partial charge in [-0.25, -0.2) is 18.3 Å². The number of nitrogens with zero attached hydrogens (tertiary/aromatic N) is 1. The molecule has 0 bridgehead atoms. The van der Waals surface area contributed by atoms with Crippen LogP contribution in [0.25, 0.3) is 6.08 Å². The van der Waals surface area contributed by atoms with Crippen LogP contribution in [0.2, 0.25) is 0 Å². The Morgan fingerprint density at radius 3 is 2.37 bits per heavy atom. The Kier molecular flexibility index (Phi) is 9.32. The van der Waals surface area contributed by atoms with Crippen molar-refractivity contribution in [2.75, 3.05) is 0 Å². The first kappa shape index (κ1) is 28.6. The molecular weight excluding hydrogens is 486 g/mol. The number of allylic oxidation sites excluding steroid dienone is 1. The van der Waals surface area contributed by atoms with Gasteiger partial charge in [-0.3, -0.25) is 9.35 Å².